The summed E-state index contributed by atoms with van der Waals surface area (Å²) in [5, 5.41) is 3.95. The lowest BCUT2D eigenvalue weighted by atomic mass is 9.69. The summed E-state index contributed by atoms with van der Waals surface area (Å²) in [5.41, 5.74) is 18.2. The van der Waals surface area contributed by atoms with E-state index in [2.05, 4.69) is 212 Å². The summed E-state index contributed by atoms with van der Waals surface area (Å²) in [6.07, 6.45) is 3.70. The minimum absolute atomic E-state index is 0.216. The van der Waals surface area contributed by atoms with Crippen LogP contribution in [0.15, 0.2) is 206 Å². The van der Waals surface area contributed by atoms with Crippen molar-refractivity contribution in [2.24, 2.45) is 0 Å². The van der Waals surface area contributed by atoms with Crippen LogP contribution in [0, 0.1) is 0 Å². The maximum Gasteiger partial charge on any atom is 0.0387 e. The third-order valence-electron chi connectivity index (χ3n) is 12.2. The zero-order chi connectivity index (χ0) is 36.7. The molecule has 1 nitrogen and oxygen atoms in total. The Labute approximate surface area is 325 Å². The molecule has 0 aliphatic heterocycles. The van der Waals surface area contributed by atoms with Crippen LogP contribution in [0.4, 0.5) is 11.4 Å². The molecule has 0 saturated heterocycles. The summed E-state index contributed by atoms with van der Waals surface area (Å²) in [6.45, 7) is 0. The molecule has 0 spiro atoms. The third kappa shape index (κ3) is 5.88. The molecule has 8 aromatic carbocycles. The number of hydrogen-bond donors (Lipinski definition) is 1. The quantitative estimate of drug-likeness (QED) is 0.149. The summed E-state index contributed by atoms with van der Waals surface area (Å²) in [5.74, 6) is 0. The second kappa shape index (κ2) is 13.8. The highest BCUT2D eigenvalue weighted by atomic mass is 14.9. The average Bonchev–Trinajstić information content (AvgIpc) is 3.65. The Morgan fingerprint density at radius 1 is 0.273 bits per heavy atom. The van der Waals surface area contributed by atoms with Crippen molar-refractivity contribution < 1.29 is 0 Å². The molecular weight excluding hydrogens is 663 g/mol. The highest BCUT2D eigenvalue weighted by Crippen LogP contribution is 2.55. The second-order valence-electron chi connectivity index (χ2n) is 15.6. The summed E-state index contributed by atoms with van der Waals surface area (Å²) < 4.78 is 0. The van der Waals surface area contributed by atoms with Crippen LogP contribution >= 0.6 is 0 Å². The number of hydrogen-bond acceptors (Lipinski definition) is 1. The van der Waals surface area contributed by atoms with Gasteiger partial charge in [0.25, 0.3) is 0 Å². The molecule has 0 amide bonds. The average molecular weight is 706 g/mol. The lowest BCUT2D eigenvalue weighted by Crippen LogP contribution is -2.31. The van der Waals surface area contributed by atoms with Crippen molar-refractivity contribution in [1.82, 2.24) is 0 Å². The van der Waals surface area contributed by atoms with Crippen molar-refractivity contribution in [2.75, 3.05) is 5.32 Å². The van der Waals surface area contributed by atoms with Crippen molar-refractivity contribution in [1.29, 1.82) is 0 Å². The maximum absolute atomic E-state index is 3.95. The third-order valence-corrected chi connectivity index (χ3v) is 12.2. The van der Waals surface area contributed by atoms with Crippen LogP contribution in [0.1, 0.15) is 44.5 Å². The molecule has 2 aliphatic carbocycles. The Bertz CT molecular complexity index is 2340. The van der Waals surface area contributed by atoms with Crippen LogP contribution in [0.3, 0.4) is 0 Å². The zero-order valence-corrected chi connectivity index (χ0v) is 31.0. The van der Waals surface area contributed by atoms with Gasteiger partial charge in [0, 0.05) is 22.2 Å². The molecule has 0 unspecified atom stereocenters. The Morgan fingerprint density at radius 2 is 0.564 bits per heavy atom. The van der Waals surface area contributed by atoms with Gasteiger partial charge >= 0.3 is 0 Å². The van der Waals surface area contributed by atoms with Gasteiger partial charge in [-0.15, -0.1) is 0 Å². The molecule has 2 aliphatic rings. The SMILES string of the molecule is c1ccc(CC2(Cc3ccccc3)c3ccccc3-c3ccc(Nc4ccc5c(c4)C(Cc4ccccc4)(Cc4ccccc4)c4ccccc4-5)cc32)cc1. The van der Waals surface area contributed by atoms with Gasteiger partial charge in [-0.3, -0.25) is 0 Å². The Kier molecular flexibility index (Phi) is 8.29. The minimum Gasteiger partial charge on any atom is -0.356 e. The van der Waals surface area contributed by atoms with Crippen LogP contribution in [0.5, 0.6) is 0 Å². The molecule has 55 heavy (non-hydrogen) atoms. The van der Waals surface area contributed by atoms with Crippen LogP contribution in [0.2, 0.25) is 0 Å². The van der Waals surface area contributed by atoms with Gasteiger partial charge in [0.05, 0.1) is 0 Å². The van der Waals surface area contributed by atoms with Gasteiger partial charge in [0.2, 0.25) is 0 Å². The molecule has 0 fully saturated rings. The van der Waals surface area contributed by atoms with Gasteiger partial charge in [0.1, 0.15) is 0 Å². The Hall–Kier alpha value is -6.44. The molecule has 0 heterocycles. The van der Waals surface area contributed by atoms with Crippen LogP contribution in [0.25, 0.3) is 22.3 Å². The molecular formula is C54H43N. The fourth-order valence-electron chi connectivity index (χ4n) is 9.90. The molecule has 0 radical (unpaired) electrons. The minimum atomic E-state index is -0.216. The zero-order valence-electron chi connectivity index (χ0n) is 31.0. The molecule has 1 N–H and O–H groups in total. The van der Waals surface area contributed by atoms with E-state index in [9.17, 15) is 0 Å². The van der Waals surface area contributed by atoms with Crippen molar-refractivity contribution in [3.8, 4) is 22.3 Å². The predicted octanol–water partition coefficient (Wildman–Crippen LogP) is 12.9. The van der Waals surface area contributed by atoms with E-state index in [0.29, 0.717) is 0 Å². The predicted molar refractivity (Wildman–Crippen MR) is 229 cm³/mol. The number of benzene rings is 8. The first kappa shape index (κ1) is 33.2. The van der Waals surface area contributed by atoms with E-state index in [1.807, 2.05) is 0 Å². The van der Waals surface area contributed by atoms with E-state index in [1.54, 1.807) is 0 Å². The molecule has 0 atom stereocenters. The smallest absolute Gasteiger partial charge is 0.0387 e. The maximum atomic E-state index is 3.95. The summed E-state index contributed by atoms with van der Waals surface area (Å²) in [4.78, 5) is 0. The van der Waals surface area contributed by atoms with E-state index >= 15 is 0 Å². The van der Waals surface area contributed by atoms with Gasteiger partial charge in [-0.25, -0.2) is 0 Å². The first-order chi connectivity index (χ1) is 27.2. The fourth-order valence-corrected chi connectivity index (χ4v) is 9.90. The van der Waals surface area contributed by atoms with Gasteiger partial charge < -0.3 is 5.32 Å². The van der Waals surface area contributed by atoms with Crippen molar-refractivity contribution in [3.63, 3.8) is 0 Å². The molecule has 0 aromatic heterocycles. The lowest BCUT2D eigenvalue weighted by Gasteiger charge is -2.33. The van der Waals surface area contributed by atoms with Gasteiger partial charge in [0.15, 0.2) is 0 Å². The number of nitrogens with one attached hydrogen (secondary N) is 1. The highest BCUT2D eigenvalue weighted by molar-refractivity contribution is 5.86. The van der Waals surface area contributed by atoms with Gasteiger partial charge in [-0.2, -0.15) is 0 Å². The number of rotatable bonds is 10. The van der Waals surface area contributed by atoms with E-state index < -0.39 is 0 Å². The summed E-state index contributed by atoms with van der Waals surface area (Å²) in [7, 11) is 0. The topological polar surface area (TPSA) is 12.0 Å². The molecule has 8 aromatic rings. The Morgan fingerprint density at radius 3 is 0.909 bits per heavy atom. The lowest BCUT2D eigenvalue weighted by molar-refractivity contribution is 0.520. The largest absolute Gasteiger partial charge is 0.356 e. The first-order valence-electron chi connectivity index (χ1n) is 19.6. The second-order valence-corrected chi connectivity index (χ2v) is 15.6. The molecule has 1 heteroatoms. The van der Waals surface area contributed by atoms with Crippen LogP contribution in [-0.2, 0) is 36.5 Å². The molecule has 10 rings (SSSR count). The van der Waals surface area contributed by atoms with Crippen molar-refractivity contribution in [2.45, 2.75) is 36.5 Å². The normalized spacial score (nSPS) is 14.0. The molecule has 0 saturated carbocycles. The number of fused-ring (bicyclic) bond motifs is 6. The monoisotopic (exact) mass is 705 g/mol. The van der Waals surface area contributed by atoms with Crippen LogP contribution in [-0.4, -0.2) is 0 Å². The Balaban J connectivity index is 1.09. The molecule has 0 bridgehead atoms. The fraction of sp³-hybridized carbons (Fsp3) is 0.111. The van der Waals surface area contributed by atoms with Crippen molar-refractivity contribution >= 4 is 11.4 Å². The standard InChI is InChI=1S/C54H43N/c1-5-17-39(18-6-1)35-53(36-40-19-7-2-8-20-40)49-27-15-13-25-45(49)47-31-29-43(33-51(47)53)55-44-30-32-48-46-26-14-16-28-50(46)54(52(48)34-44,37-41-21-9-3-10-22-41)38-42-23-11-4-12-24-42/h1-34,55H,35-38H2. The van der Waals surface area contributed by atoms with E-state index in [1.165, 1.54) is 66.8 Å². The van der Waals surface area contributed by atoms with Crippen molar-refractivity contribution in [3.05, 3.63) is 251 Å². The van der Waals surface area contributed by atoms with E-state index in [0.717, 1.165) is 37.1 Å². The van der Waals surface area contributed by atoms with Crippen LogP contribution < -0.4 is 5.32 Å². The summed E-state index contributed by atoms with van der Waals surface area (Å²) in [6, 6.07) is 76.5. The molecule has 264 valence electrons. The summed E-state index contributed by atoms with van der Waals surface area (Å²) >= 11 is 0. The highest BCUT2D eigenvalue weighted by Gasteiger charge is 2.45. The van der Waals surface area contributed by atoms with Gasteiger partial charge in [-0.1, -0.05) is 182 Å². The number of anilines is 2. The van der Waals surface area contributed by atoms with E-state index in [-0.39, 0.29) is 10.8 Å². The van der Waals surface area contributed by atoms with E-state index in [4.69, 9.17) is 0 Å². The van der Waals surface area contributed by atoms with Gasteiger partial charge in [-0.05, 0) is 117 Å². The first-order valence-corrected chi connectivity index (χ1v) is 19.6.